The number of imidazole rings is 1. The zero-order valence-electron chi connectivity index (χ0n) is 17.2. The summed E-state index contributed by atoms with van der Waals surface area (Å²) in [5.74, 6) is 0.855. The number of hydrogen-bond donors (Lipinski definition) is 1. The van der Waals surface area contributed by atoms with Crippen LogP contribution in [0, 0.1) is 0 Å². The first-order chi connectivity index (χ1) is 15.1. The van der Waals surface area contributed by atoms with E-state index in [-0.39, 0.29) is 12.0 Å². The lowest BCUT2D eigenvalue weighted by molar-refractivity contribution is -0.184. The SMILES string of the molecule is O=C(c1ccc(C2(O)COC2)cc1)N1CCC(Oc2ccc(-n3ccnc3)cc2)CC1. The molecule has 0 radical (unpaired) electrons. The molecule has 0 aliphatic carbocycles. The van der Waals surface area contributed by atoms with E-state index in [2.05, 4.69) is 4.98 Å². The minimum absolute atomic E-state index is 0.0199. The predicted octanol–water partition coefficient (Wildman–Crippen LogP) is 2.77. The number of rotatable bonds is 5. The summed E-state index contributed by atoms with van der Waals surface area (Å²) in [6, 6.07) is 15.2. The summed E-state index contributed by atoms with van der Waals surface area (Å²) in [5.41, 5.74) is 1.56. The van der Waals surface area contributed by atoms with Crippen LogP contribution in [0.15, 0.2) is 67.3 Å². The van der Waals surface area contributed by atoms with Gasteiger partial charge in [0.05, 0.1) is 19.5 Å². The molecule has 2 fully saturated rings. The van der Waals surface area contributed by atoms with Crippen molar-refractivity contribution in [1.82, 2.24) is 14.5 Å². The van der Waals surface area contributed by atoms with Crippen LogP contribution in [0.1, 0.15) is 28.8 Å². The Bertz CT molecular complexity index is 1020. The predicted molar refractivity (Wildman–Crippen MR) is 114 cm³/mol. The molecule has 31 heavy (non-hydrogen) atoms. The molecule has 1 aromatic heterocycles. The van der Waals surface area contributed by atoms with Gasteiger partial charge >= 0.3 is 0 Å². The quantitative estimate of drug-likeness (QED) is 0.688. The third-order valence-corrected chi connectivity index (χ3v) is 6.02. The molecule has 7 heteroatoms. The highest BCUT2D eigenvalue weighted by atomic mass is 16.5. The molecule has 2 aliphatic rings. The van der Waals surface area contributed by atoms with Crippen LogP contribution in [0.3, 0.4) is 0 Å². The van der Waals surface area contributed by atoms with E-state index < -0.39 is 5.60 Å². The van der Waals surface area contributed by atoms with Crippen LogP contribution < -0.4 is 4.74 Å². The molecule has 0 spiro atoms. The highest BCUT2D eigenvalue weighted by Gasteiger charge is 2.38. The minimum Gasteiger partial charge on any atom is -0.490 e. The number of benzene rings is 2. The van der Waals surface area contributed by atoms with Crippen molar-refractivity contribution in [3.8, 4) is 11.4 Å². The normalized spacial score (nSPS) is 18.4. The minimum atomic E-state index is -0.909. The second-order valence-electron chi connectivity index (χ2n) is 8.17. The Morgan fingerprint density at radius 3 is 2.35 bits per heavy atom. The average Bonchev–Trinajstić information content (AvgIpc) is 3.33. The maximum Gasteiger partial charge on any atom is 0.253 e. The van der Waals surface area contributed by atoms with Gasteiger partial charge in [-0.15, -0.1) is 0 Å². The van der Waals surface area contributed by atoms with E-state index in [1.54, 1.807) is 24.7 Å². The summed E-state index contributed by atoms with van der Waals surface area (Å²) in [4.78, 5) is 18.8. The molecule has 3 aromatic rings. The fourth-order valence-electron chi connectivity index (χ4n) is 4.05. The summed E-state index contributed by atoms with van der Waals surface area (Å²) in [6.07, 6.45) is 7.10. The summed E-state index contributed by atoms with van der Waals surface area (Å²) < 4.78 is 13.2. The van der Waals surface area contributed by atoms with Gasteiger partial charge in [-0.2, -0.15) is 0 Å². The summed E-state index contributed by atoms with van der Waals surface area (Å²) in [7, 11) is 0. The van der Waals surface area contributed by atoms with Crippen LogP contribution in [-0.2, 0) is 10.3 Å². The van der Waals surface area contributed by atoms with E-state index in [4.69, 9.17) is 9.47 Å². The number of hydrogen-bond acceptors (Lipinski definition) is 5. The number of likely N-dealkylation sites (tertiary alicyclic amines) is 1. The van der Waals surface area contributed by atoms with Gasteiger partial charge in [0.25, 0.3) is 5.91 Å². The number of carbonyl (C=O) groups excluding carboxylic acids is 1. The van der Waals surface area contributed by atoms with Crippen molar-refractivity contribution >= 4 is 5.91 Å². The fraction of sp³-hybridized carbons (Fsp3) is 0.333. The van der Waals surface area contributed by atoms with E-state index >= 15 is 0 Å². The van der Waals surface area contributed by atoms with Gasteiger partial charge in [0.15, 0.2) is 0 Å². The van der Waals surface area contributed by atoms with Crippen molar-refractivity contribution in [3.05, 3.63) is 78.4 Å². The van der Waals surface area contributed by atoms with Gasteiger partial charge < -0.3 is 24.0 Å². The lowest BCUT2D eigenvalue weighted by Crippen LogP contribution is -2.46. The summed E-state index contributed by atoms with van der Waals surface area (Å²) in [6.45, 7) is 1.94. The smallest absolute Gasteiger partial charge is 0.253 e. The second kappa shape index (κ2) is 8.17. The van der Waals surface area contributed by atoms with Crippen LogP contribution in [0.5, 0.6) is 5.75 Å². The number of aliphatic hydroxyl groups is 1. The zero-order chi connectivity index (χ0) is 21.3. The molecule has 160 valence electrons. The van der Waals surface area contributed by atoms with Crippen LogP contribution in [0.25, 0.3) is 5.69 Å². The zero-order valence-corrected chi connectivity index (χ0v) is 17.2. The van der Waals surface area contributed by atoms with Gasteiger partial charge in [-0.05, 0) is 42.0 Å². The molecule has 0 bridgehead atoms. The maximum atomic E-state index is 12.8. The molecule has 2 aliphatic heterocycles. The van der Waals surface area contributed by atoms with Crippen molar-refractivity contribution in [2.75, 3.05) is 26.3 Å². The first-order valence-electron chi connectivity index (χ1n) is 10.6. The Kier molecular flexibility index (Phi) is 5.21. The lowest BCUT2D eigenvalue weighted by Gasteiger charge is -2.37. The van der Waals surface area contributed by atoms with Gasteiger partial charge in [0.2, 0.25) is 0 Å². The van der Waals surface area contributed by atoms with E-state index in [0.29, 0.717) is 31.9 Å². The molecule has 2 saturated heterocycles. The van der Waals surface area contributed by atoms with Gasteiger partial charge in [0.1, 0.15) is 17.5 Å². The Balaban J connectivity index is 1.14. The molecule has 7 nitrogen and oxygen atoms in total. The van der Waals surface area contributed by atoms with Crippen LogP contribution >= 0.6 is 0 Å². The standard InChI is InChI=1S/C24H25N3O4/c28-23(18-1-3-19(4-2-18)24(29)15-30-16-24)26-12-9-22(10-13-26)31-21-7-5-20(6-8-21)27-14-11-25-17-27/h1-8,11,14,17,22,29H,9-10,12-13,15-16H2. The second-order valence-corrected chi connectivity index (χ2v) is 8.17. The maximum absolute atomic E-state index is 12.8. The number of nitrogens with zero attached hydrogens (tertiary/aromatic N) is 3. The molecule has 5 rings (SSSR count). The lowest BCUT2D eigenvalue weighted by atomic mass is 9.91. The topological polar surface area (TPSA) is 76.8 Å². The highest BCUT2D eigenvalue weighted by Crippen LogP contribution is 2.29. The van der Waals surface area contributed by atoms with Crippen molar-refractivity contribution in [2.45, 2.75) is 24.5 Å². The number of carbonyl (C=O) groups is 1. The highest BCUT2D eigenvalue weighted by molar-refractivity contribution is 5.94. The Labute approximate surface area is 180 Å². The molecule has 0 saturated carbocycles. The number of piperidine rings is 1. The van der Waals surface area contributed by atoms with Crippen molar-refractivity contribution in [1.29, 1.82) is 0 Å². The van der Waals surface area contributed by atoms with E-state index in [0.717, 1.165) is 29.8 Å². The summed E-state index contributed by atoms with van der Waals surface area (Å²) >= 11 is 0. The summed E-state index contributed by atoms with van der Waals surface area (Å²) in [5, 5.41) is 10.3. The molecule has 0 atom stereocenters. The fourth-order valence-corrected chi connectivity index (χ4v) is 4.05. The molecular formula is C24H25N3O4. The van der Waals surface area contributed by atoms with Gasteiger partial charge in [0, 0.05) is 49.6 Å². The van der Waals surface area contributed by atoms with Crippen molar-refractivity contribution < 1.29 is 19.4 Å². The van der Waals surface area contributed by atoms with Gasteiger partial charge in [-0.1, -0.05) is 12.1 Å². The average molecular weight is 419 g/mol. The number of aromatic nitrogens is 2. The molecule has 2 aromatic carbocycles. The number of amides is 1. The number of ether oxygens (including phenoxy) is 2. The Morgan fingerprint density at radius 2 is 1.77 bits per heavy atom. The van der Waals surface area contributed by atoms with Crippen LogP contribution in [0.4, 0.5) is 0 Å². The van der Waals surface area contributed by atoms with Crippen LogP contribution in [0.2, 0.25) is 0 Å². The molecule has 1 N–H and O–H groups in total. The Hall–Kier alpha value is -3.16. The van der Waals surface area contributed by atoms with Gasteiger partial charge in [-0.3, -0.25) is 4.79 Å². The Morgan fingerprint density at radius 1 is 1.06 bits per heavy atom. The van der Waals surface area contributed by atoms with E-state index in [1.807, 2.05) is 52.1 Å². The molecule has 0 unspecified atom stereocenters. The first kappa shape index (κ1) is 19.8. The largest absolute Gasteiger partial charge is 0.490 e. The molecule has 3 heterocycles. The molecular weight excluding hydrogens is 394 g/mol. The van der Waals surface area contributed by atoms with Crippen molar-refractivity contribution in [3.63, 3.8) is 0 Å². The van der Waals surface area contributed by atoms with Crippen molar-refractivity contribution in [2.24, 2.45) is 0 Å². The van der Waals surface area contributed by atoms with Gasteiger partial charge in [-0.25, -0.2) is 4.98 Å². The third-order valence-electron chi connectivity index (χ3n) is 6.02. The van der Waals surface area contributed by atoms with E-state index in [1.165, 1.54) is 0 Å². The third kappa shape index (κ3) is 4.06. The first-order valence-corrected chi connectivity index (χ1v) is 10.6. The monoisotopic (exact) mass is 419 g/mol. The van der Waals surface area contributed by atoms with Crippen LogP contribution in [-0.4, -0.2) is 57.9 Å². The molecule has 1 amide bonds. The van der Waals surface area contributed by atoms with E-state index in [9.17, 15) is 9.90 Å².